The number of carbonyl (C=O) groups is 3. The number of thioether (sulfide) groups is 1. The SMILES string of the molecule is CC(=O)N1C(=O)C(=C2SC(=O)N(c3cccc(Cl)c3)C2=S)c2ccccc21. The van der Waals surface area contributed by atoms with Crippen molar-refractivity contribution in [3.63, 3.8) is 0 Å². The molecule has 2 aliphatic heterocycles. The highest BCUT2D eigenvalue weighted by Gasteiger charge is 2.43. The molecule has 0 aromatic heterocycles. The second-order valence-corrected chi connectivity index (χ2v) is 7.65. The van der Waals surface area contributed by atoms with Gasteiger partial charge in [0.2, 0.25) is 5.91 Å². The van der Waals surface area contributed by atoms with Crippen LogP contribution in [0.1, 0.15) is 12.5 Å². The first kappa shape index (κ1) is 17.9. The Kier molecular flexibility index (Phi) is 4.38. The number of anilines is 2. The predicted molar refractivity (Wildman–Crippen MR) is 111 cm³/mol. The van der Waals surface area contributed by atoms with E-state index in [1.165, 1.54) is 11.8 Å². The van der Waals surface area contributed by atoms with Crippen molar-refractivity contribution in [2.24, 2.45) is 0 Å². The Hall–Kier alpha value is -2.48. The van der Waals surface area contributed by atoms with Crippen molar-refractivity contribution in [1.82, 2.24) is 0 Å². The van der Waals surface area contributed by atoms with E-state index in [1.807, 2.05) is 0 Å². The first-order valence-electron chi connectivity index (χ1n) is 7.90. The van der Waals surface area contributed by atoms with Crippen molar-refractivity contribution >= 4 is 74.6 Å². The summed E-state index contributed by atoms with van der Waals surface area (Å²) in [7, 11) is 0. The van der Waals surface area contributed by atoms with Crippen molar-refractivity contribution in [3.05, 3.63) is 64.0 Å². The van der Waals surface area contributed by atoms with Gasteiger partial charge in [0.25, 0.3) is 11.1 Å². The number of hydrogen-bond donors (Lipinski definition) is 0. The van der Waals surface area contributed by atoms with Gasteiger partial charge < -0.3 is 0 Å². The molecule has 3 amide bonds. The number of thiocarbonyl (C=S) groups is 1. The first-order valence-corrected chi connectivity index (χ1v) is 9.51. The van der Waals surface area contributed by atoms with Gasteiger partial charge in [0.15, 0.2) is 0 Å². The predicted octanol–water partition coefficient (Wildman–Crippen LogP) is 4.65. The molecule has 0 radical (unpaired) electrons. The van der Waals surface area contributed by atoms with Gasteiger partial charge in [0.05, 0.1) is 21.9 Å². The molecular weight excluding hydrogens is 404 g/mol. The van der Waals surface area contributed by atoms with Gasteiger partial charge in [-0.3, -0.25) is 19.3 Å². The monoisotopic (exact) mass is 414 g/mol. The van der Waals surface area contributed by atoms with E-state index in [9.17, 15) is 14.4 Å². The Labute approximate surface area is 169 Å². The average Bonchev–Trinajstić information content (AvgIpc) is 3.07. The van der Waals surface area contributed by atoms with Crippen molar-refractivity contribution in [2.75, 3.05) is 9.80 Å². The molecule has 0 aliphatic carbocycles. The molecule has 5 nitrogen and oxygen atoms in total. The Morgan fingerprint density at radius 3 is 2.56 bits per heavy atom. The number of amides is 3. The van der Waals surface area contributed by atoms with Crippen molar-refractivity contribution < 1.29 is 14.4 Å². The van der Waals surface area contributed by atoms with Crippen LogP contribution in [-0.2, 0) is 9.59 Å². The molecule has 0 saturated carbocycles. The van der Waals surface area contributed by atoms with Gasteiger partial charge in [0.1, 0.15) is 4.99 Å². The first-order chi connectivity index (χ1) is 12.9. The smallest absolute Gasteiger partial charge is 0.274 e. The van der Waals surface area contributed by atoms with Gasteiger partial charge in [0, 0.05) is 17.5 Å². The minimum atomic E-state index is -0.478. The summed E-state index contributed by atoms with van der Waals surface area (Å²) < 4.78 is 0. The zero-order chi connectivity index (χ0) is 19.3. The van der Waals surface area contributed by atoms with Crippen LogP contribution in [0.25, 0.3) is 5.57 Å². The maximum Gasteiger partial charge on any atom is 0.296 e. The summed E-state index contributed by atoms with van der Waals surface area (Å²) in [4.78, 5) is 40.6. The summed E-state index contributed by atoms with van der Waals surface area (Å²) in [5, 5.41) is 0.149. The second-order valence-electron chi connectivity index (χ2n) is 5.87. The third-order valence-electron chi connectivity index (χ3n) is 4.21. The zero-order valence-electron chi connectivity index (χ0n) is 13.9. The fraction of sp³-hybridized carbons (Fsp3) is 0.0526. The summed E-state index contributed by atoms with van der Waals surface area (Å²) in [5.41, 5.74) is 1.88. The van der Waals surface area contributed by atoms with Gasteiger partial charge in [-0.05, 0) is 36.0 Å². The number of fused-ring (bicyclic) bond motifs is 1. The van der Waals surface area contributed by atoms with E-state index in [1.54, 1.807) is 48.5 Å². The molecule has 134 valence electrons. The van der Waals surface area contributed by atoms with Gasteiger partial charge in [-0.1, -0.05) is 48.1 Å². The molecule has 0 spiro atoms. The van der Waals surface area contributed by atoms with E-state index >= 15 is 0 Å². The van der Waals surface area contributed by atoms with Crippen molar-refractivity contribution in [3.8, 4) is 0 Å². The molecule has 2 aromatic carbocycles. The quantitative estimate of drug-likeness (QED) is 0.502. The van der Waals surface area contributed by atoms with Crippen molar-refractivity contribution in [1.29, 1.82) is 0 Å². The highest BCUT2D eigenvalue weighted by Crippen LogP contribution is 2.46. The molecule has 0 atom stereocenters. The lowest BCUT2D eigenvalue weighted by atomic mass is 10.1. The van der Waals surface area contributed by atoms with Crippen LogP contribution in [0.3, 0.4) is 0 Å². The number of para-hydroxylation sites is 1. The van der Waals surface area contributed by atoms with Crippen LogP contribution in [0.2, 0.25) is 5.02 Å². The van der Waals surface area contributed by atoms with Crippen molar-refractivity contribution in [2.45, 2.75) is 6.92 Å². The van der Waals surface area contributed by atoms with E-state index < -0.39 is 11.8 Å². The number of nitrogens with zero attached hydrogens (tertiary/aromatic N) is 2. The van der Waals surface area contributed by atoms with Crippen LogP contribution in [0.5, 0.6) is 0 Å². The third-order valence-corrected chi connectivity index (χ3v) is 5.92. The Bertz CT molecular complexity index is 1080. The fourth-order valence-corrected chi connectivity index (χ4v) is 4.70. The van der Waals surface area contributed by atoms with Gasteiger partial charge in [-0.2, -0.15) is 0 Å². The number of carbonyl (C=O) groups excluding carboxylic acids is 3. The average molecular weight is 415 g/mol. The van der Waals surface area contributed by atoms with Crippen LogP contribution in [0, 0.1) is 0 Å². The highest BCUT2D eigenvalue weighted by molar-refractivity contribution is 8.20. The Morgan fingerprint density at radius 2 is 1.85 bits per heavy atom. The molecule has 2 heterocycles. The summed E-state index contributed by atoms with van der Waals surface area (Å²) in [6.45, 7) is 1.33. The molecular formula is C19H11ClN2O3S2. The van der Waals surface area contributed by atoms with Crippen LogP contribution >= 0.6 is 35.6 Å². The van der Waals surface area contributed by atoms with E-state index in [-0.39, 0.29) is 15.8 Å². The van der Waals surface area contributed by atoms with Gasteiger partial charge in [-0.25, -0.2) is 4.90 Å². The van der Waals surface area contributed by atoms with Crippen LogP contribution in [0.4, 0.5) is 16.2 Å². The molecule has 8 heteroatoms. The summed E-state index contributed by atoms with van der Waals surface area (Å²) >= 11 is 12.4. The minimum Gasteiger partial charge on any atom is -0.274 e. The lowest BCUT2D eigenvalue weighted by Crippen LogP contribution is -2.31. The van der Waals surface area contributed by atoms with E-state index in [2.05, 4.69) is 0 Å². The van der Waals surface area contributed by atoms with Gasteiger partial charge in [-0.15, -0.1) is 0 Å². The summed E-state index contributed by atoms with van der Waals surface area (Å²) in [6.07, 6.45) is 0. The summed E-state index contributed by atoms with van der Waals surface area (Å²) in [6, 6.07) is 13.7. The largest absolute Gasteiger partial charge is 0.296 e. The highest BCUT2D eigenvalue weighted by atomic mass is 35.5. The number of imide groups is 1. The topological polar surface area (TPSA) is 57.7 Å². The molecule has 0 N–H and O–H groups in total. The molecule has 4 rings (SSSR count). The lowest BCUT2D eigenvalue weighted by molar-refractivity contribution is -0.122. The van der Waals surface area contributed by atoms with Crippen LogP contribution < -0.4 is 9.80 Å². The molecule has 27 heavy (non-hydrogen) atoms. The van der Waals surface area contributed by atoms with E-state index in [0.29, 0.717) is 26.9 Å². The maximum atomic E-state index is 13.0. The third kappa shape index (κ3) is 2.79. The molecule has 1 fully saturated rings. The number of halogens is 1. The van der Waals surface area contributed by atoms with Crippen LogP contribution in [0.15, 0.2) is 53.4 Å². The molecule has 1 saturated heterocycles. The molecule has 2 aliphatic rings. The molecule has 2 aromatic rings. The van der Waals surface area contributed by atoms with Gasteiger partial charge >= 0.3 is 0 Å². The Balaban J connectivity index is 1.87. The molecule has 0 bridgehead atoms. The Morgan fingerprint density at radius 1 is 1.11 bits per heavy atom. The number of benzene rings is 2. The zero-order valence-corrected chi connectivity index (χ0v) is 16.3. The lowest BCUT2D eigenvalue weighted by Gasteiger charge is -2.15. The van der Waals surface area contributed by atoms with E-state index in [4.69, 9.17) is 23.8 Å². The number of rotatable bonds is 1. The minimum absolute atomic E-state index is 0.218. The van der Waals surface area contributed by atoms with E-state index in [0.717, 1.165) is 16.7 Å². The summed E-state index contributed by atoms with van der Waals surface area (Å²) in [5.74, 6) is -0.871. The number of hydrogen-bond acceptors (Lipinski definition) is 5. The maximum absolute atomic E-state index is 13.0. The standard InChI is InChI=1S/C19H11ClN2O3S2/c1-10(23)21-14-8-3-2-7-13(14)15(17(21)24)16-18(26)22(19(25)27-16)12-6-4-5-11(20)9-12/h2-9H,1H3. The molecule has 0 unspecified atom stereocenters. The van der Waals surface area contributed by atoms with Crippen LogP contribution in [-0.4, -0.2) is 22.0 Å². The fourth-order valence-electron chi connectivity index (χ4n) is 3.11. The second kappa shape index (κ2) is 6.60. The normalized spacial score (nSPS) is 19.1.